The van der Waals surface area contributed by atoms with Gasteiger partial charge in [-0.3, -0.25) is 4.21 Å². The number of hydrogen-bond acceptors (Lipinski definition) is 4. The highest BCUT2D eigenvalue weighted by atomic mass is 32.2. The third kappa shape index (κ3) is 3.23. The summed E-state index contributed by atoms with van der Waals surface area (Å²) >= 11 is 0. The van der Waals surface area contributed by atoms with Crippen LogP contribution in [0.3, 0.4) is 0 Å². The van der Waals surface area contributed by atoms with Gasteiger partial charge < -0.3 is 15.2 Å². The van der Waals surface area contributed by atoms with Crippen molar-refractivity contribution in [2.45, 2.75) is 30.8 Å². The minimum Gasteiger partial charge on any atom is -0.494 e. The molecule has 0 aliphatic carbocycles. The summed E-state index contributed by atoms with van der Waals surface area (Å²) in [7, 11) is -1.13. The molecule has 0 radical (unpaired) electrons. The molecule has 1 aliphatic rings. The van der Waals surface area contributed by atoms with Gasteiger partial charge in [0.15, 0.2) is 0 Å². The van der Waals surface area contributed by atoms with Crippen molar-refractivity contribution in [2.24, 2.45) is 0 Å². The highest BCUT2D eigenvalue weighted by Gasteiger charge is 2.20. The first kappa shape index (κ1) is 13.4. The molecule has 1 heterocycles. The molecule has 2 unspecified atom stereocenters. The molecular formula is C13H19NO3S. The molecule has 5 heteroatoms. The number of rotatable bonds is 5. The molecule has 1 saturated heterocycles. The van der Waals surface area contributed by atoms with E-state index in [1.807, 2.05) is 6.92 Å². The molecule has 2 atom stereocenters. The second-order valence-corrected chi connectivity index (χ2v) is 5.74. The maximum absolute atomic E-state index is 12.3. The zero-order valence-corrected chi connectivity index (χ0v) is 11.4. The first-order valence-corrected chi connectivity index (χ1v) is 7.55. The molecule has 1 fully saturated rings. The number of ether oxygens (including phenoxy) is 2. The van der Waals surface area contributed by atoms with Gasteiger partial charge in [-0.2, -0.15) is 0 Å². The standard InChI is InChI=1S/C13H19NO3S/c1-2-16-10-5-6-12(14)13(8-10)18(15)9-11-4-3-7-17-11/h5-6,8,11H,2-4,7,9,14H2,1H3. The highest BCUT2D eigenvalue weighted by Crippen LogP contribution is 2.25. The number of benzene rings is 1. The molecule has 4 nitrogen and oxygen atoms in total. The fourth-order valence-corrected chi connectivity index (χ4v) is 3.36. The van der Waals surface area contributed by atoms with Crippen LogP contribution in [0.25, 0.3) is 0 Å². The lowest BCUT2D eigenvalue weighted by Gasteiger charge is -2.12. The Balaban J connectivity index is 2.09. The molecule has 1 aliphatic heterocycles. The van der Waals surface area contributed by atoms with Crippen LogP contribution in [0.15, 0.2) is 23.1 Å². The van der Waals surface area contributed by atoms with Crippen LogP contribution in [0.4, 0.5) is 5.69 Å². The van der Waals surface area contributed by atoms with Crippen LogP contribution in [0.2, 0.25) is 0 Å². The quantitative estimate of drug-likeness (QED) is 0.830. The van der Waals surface area contributed by atoms with Gasteiger partial charge >= 0.3 is 0 Å². The molecule has 2 rings (SSSR count). The smallest absolute Gasteiger partial charge is 0.120 e. The SMILES string of the molecule is CCOc1ccc(N)c(S(=O)CC2CCCO2)c1. The van der Waals surface area contributed by atoms with E-state index in [0.717, 1.165) is 19.4 Å². The van der Waals surface area contributed by atoms with E-state index in [-0.39, 0.29) is 6.10 Å². The van der Waals surface area contributed by atoms with Gasteiger partial charge in [0.25, 0.3) is 0 Å². The summed E-state index contributed by atoms with van der Waals surface area (Å²) < 4.78 is 23.2. The Morgan fingerprint density at radius 2 is 2.39 bits per heavy atom. The molecule has 18 heavy (non-hydrogen) atoms. The number of anilines is 1. The first-order valence-electron chi connectivity index (χ1n) is 6.23. The van der Waals surface area contributed by atoms with E-state index in [9.17, 15) is 4.21 Å². The van der Waals surface area contributed by atoms with Gasteiger partial charge in [-0.05, 0) is 38.0 Å². The van der Waals surface area contributed by atoms with Crippen molar-refractivity contribution in [3.8, 4) is 5.75 Å². The van der Waals surface area contributed by atoms with E-state index in [1.165, 1.54) is 0 Å². The van der Waals surface area contributed by atoms with Gasteiger partial charge in [0.05, 0.1) is 34.2 Å². The number of hydrogen-bond donors (Lipinski definition) is 1. The predicted molar refractivity (Wildman–Crippen MR) is 72.3 cm³/mol. The van der Waals surface area contributed by atoms with Crippen LogP contribution in [0.1, 0.15) is 19.8 Å². The van der Waals surface area contributed by atoms with Crippen molar-refractivity contribution in [2.75, 3.05) is 24.7 Å². The lowest BCUT2D eigenvalue weighted by molar-refractivity contribution is 0.128. The third-order valence-electron chi connectivity index (χ3n) is 2.90. The zero-order valence-electron chi connectivity index (χ0n) is 10.6. The minimum atomic E-state index is -1.13. The summed E-state index contributed by atoms with van der Waals surface area (Å²) in [4.78, 5) is 0.649. The van der Waals surface area contributed by atoms with E-state index < -0.39 is 10.8 Å². The van der Waals surface area contributed by atoms with Gasteiger partial charge in [-0.1, -0.05) is 0 Å². The lowest BCUT2D eigenvalue weighted by atomic mass is 10.3. The molecule has 100 valence electrons. The fraction of sp³-hybridized carbons (Fsp3) is 0.538. The number of nitrogens with two attached hydrogens (primary N) is 1. The van der Waals surface area contributed by atoms with Gasteiger partial charge in [-0.15, -0.1) is 0 Å². The molecule has 2 N–H and O–H groups in total. The molecule has 1 aromatic carbocycles. The van der Waals surface area contributed by atoms with Crippen LogP contribution in [-0.2, 0) is 15.5 Å². The van der Waals surface area contributed by atoms with Crippen molar-refractivity contribution in [1.29, 1.82) is 0 Å². The van der Waals surface area contributed by atoms with Crippen molar-refractivity contribution in [3.63, 3.8) is 0 Å². The second-order valence-electron chi connectivity index (χ2n) is 4.28. The van der Waals surface area contributed by atoms with Gasteiger partial charge in [-0.25, -0.2) is 0 Å². The van der Waals surface area contributed by atoms with E-state index in [0.29, 0.717) is 28.7 Å². The Morgan fingerprint density at radius 1 is 1.56 bits per heavy atom. The average Bonchev–Trinajstić information content (AvgIpc) is 2.84. The fourth-order valence-electron chi connectivity index (χ4n) is 2.00. The lowest BCUT2D eigenvalue weighted by Crippen LogP contribution is -2.16. The zero-order chi connectivity index (χ0) is 13.0. The predicted octanol–water partition coefficient (Wildman–Crippen LogP) is 1.95. The second kappa shape index (κ2) is 6.20. The monoisotopic (exact) mass is 269 g/mol. The summed E-state index contributed by atoms with van der Waals surface area (Å²) in [5.41, 5.74) is 6.42. The molecule has 0 amide bonds. The van der Waals surface area contributed by atoms with Crippen LogP contribution in [0.5, 0.6) is 5.75 Å². The maximum Gasteiger partial charge on any atom is 0.120 e. The molecule has 0 aromatic heterocycles. The van der Waals surface area contributed by atoms with Gasteiger partial charge in [0, 0.05) is 12.3 Å². The molecule has 0 bridgehead atoms. The van der Waals surface area contributed by atoms with Crippen LogP contribution in [-0.4, -0.2) is 29.3 Å². The largest absolute Gasteiger partial charge is 0.494 e. The Bertz CT molecular complexity index is 430. The Kier molecular flexibility index (Phi) is 4.60. The van der Waals surface area contributed by atoms with E-state index in [2.05, 4.69) is 0 Å². The third-order valence-corrected chi connectivity index (χ3v) is 4.42. The van der Waals surface area contributed by atoms with Gasteiger partial charge in [0.2, 0.25) is 0 Å². The Labute approximate surface area is 110 Å². The first-order chi connectivity index (χ1) is 8.70. The topological polar surface area (TPSA) is 61.5 Å². The van der Waals surface area contributed by atoms with Crippen molar-refractivity contribution >= 4 is 16.5 Å². The van der Waals surface area contributed by atoms with Crippen LogP contribution < -0.4 is 10.5 Å². The van der Waals surface area contributed by atoms with Crippen molar-refractivity contribution < 1.29 is 13.7 Å². The molecule has 0 spiro atoms. The number of nitrogen functional groups attached to an aromatic ring is 1. The summed E-state index contributed by atoms with van der Waals surface area (Å²) in [6, 6.07) is 5.31. The van der Waals surface area contributed by atoms with E-state index >= 15 is 0 Å². The summed E-state index contributed by atoms with van der Waals surface area (Å²) in [5, 5.41) is 0. The summed E-state index contributed by atoms with van der Waals surface area (Å²) in [6.45, 7) is 3.28. The van der Waals surface area contributed by atoms with Crippen LogP contribution >= 0.6 is 0 Å². The summed E-state index contributed by atoms with van der Waals surface area (Å²) in [6.07, 6.45) is 2.13. The maximum atomic E-state index is 12.3. The van der Waals surface area contributed by atoms with E-state index in [1.54, 1.807) is 18.2 Å². The summed E-state index contributed by atoms with van der Waals surface area (Å²) in [5.74, 6) is 1.22. The molecular weight excluding hydrogens is 250 g/mol. The van der Waals surface area contributed by atoms with Crippen molar-refractivity contribution in [1.82, 2.24) is 0 Å². The Morgan fingerprint density at radius 3 is 3.06 bits per heavy atom. The Hall–Kier alpha value is -1.07. The molecule has 1 aromatic rings. The van der Waals surface area contributed by atoms with Crippen LogP contribution in [0, 0.1) is 0 Å². The van der Waals surface area contributed by atoms with Crippen molar-refractivity contribution in [3.05, 3.63) is 18.2 Å². The normalized spacial score (nSPS) is 20.8. The highest BCUT2D eigenvalue weighted by molar-refractivity contribution is 7.85. The van der Waals surface area contributed by atoms with E-state index in [4.69, 9.17) is 15.2 Å². The minimum absolute atomic E-state index is 0.0981. The average molecular weight is 269 g/mol. The molecule has 0 saturated carbocycles. The van der Waals surface area contributed by atoms with Gasteiger partial charge in [0.1, 0.15) is 5.75 Å².